The lowest BCUT2D eigenvalue weighted by Crippen LogP contribution is -2.30. The number of hydrogen-bond donors (Lipinski definition) is 3. The van der Waals surface area contributed by atoms with Crippen molar-refractivity contribution in [3.63, 3.8) is 0 Å². The fourth-order valence-electron chi connectivity index (χ4n) is 2.10. The fraction of sp³-hybridized carbons (Fsp3) is 0.615. The molecule has 1 aliphatic rings. The number of rotatable bonds is 6. The lowest BCUT2D eigenvalue weighted by Gasteiger charge is -2.14. The van der Waals surface area contributed by atoms with Crippen molar-refractivity contribution in [3.8, 4) is 5.88 Å². The number of aliphatic hydroxyl groups is 1. The monoisotopic (exact) mass is 287 g/mol. The molecule has 1 saturated heterocycles. The van der Waals surface area contributed by atoms with Crippen LogP contribution in [0.15, 0.2) is 18.2 Å². The van der Waals surface area contributed by atoms with Gasteiger partial charge >= 0.3 is 0 Å². The molecular formula is C13H22ClN3O2. The number of aliphatic hydroxyl groups excluding tert-OH is 1. The number of pyridine rings is 1. The second kappa shape index (κ2) is 8.32. The summed E-state index contributed by atoms with van der Waals surface area (Å²) in [6.45, 7) is 5.65. The molecule has 2 unspecified atom stereocenters. The third kappa shape index (κ3) is 4.95. The molecule has 0 radical (unpaired) electrons. The number of β-amino-alcohol motifs (C(OH)–C–C–N with tert-alkyl or cyclic N) is 1. The molecule has 5 nitrogen and oxygen atoms in total. The molecule has 1 aliphatic heterocycles. The quantitative estimate of drug-likeness (QED) is 0.714. The van der Waals surface area contributed by atoms with Gasteiger partial charge in [-0.25, -0.2) is 4.98 Å². The number of nitrogens with one attached hydrogen (secondary N) is 2. The second-order valence-electron chi connectivity index (χ2n) is 4.52. The van der Waals surface area contributed by atoms with E-state index in [1.54, 1.807) is 0 Å². The fourth-order valence-corrected chi connectivity index (χ4v) is 2.10. The minimum Gasteiger partial charge on any atom is -0.478 e. The van der Waals surface area contributed by atoms with E-state index in [1.807, 2.05) is 25.1 Å². The van der Waals surface area contributed by atoms with Crippen LogP contribution in [0, 0.1) is 5.92 Å². The molecule has 1 aromatic rings. The number of halogens is 1. The van der Waals surface area contributed by atoms with Gasteiger partial charge in [-0.05, 0) is 13.0 Å². The van der Waals surface area contributed by atoms with Gasteiger partial charge in [-0.15, -0.1) is 12.4 Å². The number of hydrogen-bond acceptors (Lipinski definition) is 5. The van der Waals surface area contributed by atoms with E-state index >= 15 is 0 Å². The molecule has 0 amide bonds. The van der Waals surface area contributed by atoms with E-state index in [0.29, 0.717) is 31.5 Å². The highest BCUT2D eigenvalue weighted by molar-refractivity contribution is 5.85. The Hall–Kier alpha value is -0.880. The van der Waals surface area contributed by atoms with Crippen LogP contribution < -0.4 is 15.4 Å². The second-order valence-corrected chi connectivity index (χ2v) is 4.52. The van der Waals surface area contributed by atoms with Crippen molar-refractivity contribution in [1.82, 2.24) is 15.6 Å². The van der Waals surface area contributed by atoms with Gasteiger partial charge in [0.05, 0.1) is 18.4 Å². The van der Waals surface area contributed by atoms with Crippen molar-refractivity contribution in [2.45, 2.75) is 19.6 Å². The Morgan fingerprint density at radius 3 is 3.00 bits per heavy atom. The topological polar surface area (TPSA) is 66.4 Å². The van der Waals surface area contributed by atoms with Crippen molar-refractivity contribution >= 4 is 12.4 Å². The third-order valence-corrected chi connectivity index (χ3v) is 3.09. The average Bonchev–Trinajstić information content (AvgIpc) is 2.76. The molecule has 1 fully saturated rings. The molecule has 108 valence electrons. The SMILES string of the molecule is CCOc1cccc(CNCC2CNCC2O)n1.Cl. The molecule has 3 N–H and O–H groups in total. The highest BCUT2D eigenvalue weighted by Crippen LogP contribution is 2.09. The van der Waals surface area contributed by atoms with E-state index in [-0.39, 0.29) is 18.5 Å². The van der Waals surface area contributed by atoms with Crippen molar-refractivity contribution in [2.75, 3.05) is 26.2 Å². The smallest absolute Gasteiger partial charge is 0.213 e. The maximum absolute atomic E-state index is 9.66. The summed E-state index contributed by atoms with van der Waals surface area (Å²) in [4.78, 5) is 4.38. The molecule has 0 spiro atoms. The Bertz CT molecular complexity index is 379. The zero-order valence-electron chi connectivity index (χ0n) is 11.1. The summed E-state index contributed by atoms with van der Waals surface area (Å²) in [5, 5.41) is 16.2. The van der Waals surface area contributed by atoms with Crippen molar-refractivity contribution < 1.29 is 9.84 Å². The Balaban J connectivity index is 0.00000180. The molecule has 2 atom stereocenters. The minimum atomic E-state index is -0.236. The van der Waals surface area contributed by atoms with Gasteiger partial charge in [0.2, 0.25) is 5.88 Å². The maximum Gasteiger partial charge on any atom is 0.213 e. The van der Waals surface area contributed by atoms with Crippen LogP contribution in [0.1, 0.15) is 12.6 Å². The summed E-state index contributed by atoms with van der Waals surface area (Å²) in [6, 6.07) is 5.78. The van der Waals surface area contributed by atoms with Crippen molar-refractivity contribution in [3.05, 3.63) is 23.9 Å². The van der Waals surface area contributed by atoms with Crippen LogP contribution in [-0.2, 0) is 6.54 Å². The molecule has 1 aromatic heterocycles. The van der Waals surface area contributed by atoms with Gasteiger partial charge in [0.15, 0.2) is 0 Å². The van der Waals surface area contributed by atoms with Crippen LogP contribution in [0.2, 0.25) is 0 Å². The Morgan fingerprint density at radius 2 is 2.32 bits per heavy atom. The third-order valence-electron chi connectivity index (χ3n) is 3.09. The molecular weight excluding hydrogens is 266 g/mol. The van der Waals surface area contributed by atoms with Crippen LogP contribution in [0.4, 0.5) is 0 Å². The highest BCUT2D eigenvalue weighted by Gasteiger charge is 2.23. The summed E-state index contributed by atoms with van der Waals surface area (Å²) in [5.41, 5.74) is 0.960. The van der Waals surface area contributed by atoms with Crippen LogP contribution in [0.25, 0.3) is 0 Å². The first-order chi connectivity index (χ1) is 8.79. The predicted octanol–water partition coefficient (Wildman–Crippen LogP) is 0.572. The Kier molecular flexibility index (Phi) is 7.09. The molecule has 0 aromatic carbocycles. The minimum absolute atomic E-state index is 0. The Morgan fingerprint density at radius 1 is 1.47 bits per heavy atom. The van der Waals surface area contributed by atoms with Crippen LogP contribution in [0.3, 0.4) is 0 Å². The molecule has 2 rings (SSSR count). The number of ether oxygens (including phenoxy) is 1. The number of nitrogens with zero attached hydrogens (tertiary/aromatic N) is 1. The van der Waals surface area contributed by atoms with Crippen molar-refractivity contribution in [1.29, 1.82) is 0 Å². The molecule has 2 heterocycles. The largest absolute Gasteiger partial charge is 0.478 e. The van der Waals surface area contributed by atoms with Crippen molar-refractivity contribution in [2.24, 2.45) is 5.92 Å². The van der Waals surface area contributed by atoms with Gasteiger partial charge in [0.25, 0.3) is 0 Å². The first-order valence-corrected chi connectivity index (χ1v) is 6.48. The van der Waals surface area contributed by atoms with Crippen LogP contribution >= 0.6 is 12.4 Å². The van der Waals surface area contributed by atoms with E-state index in [1.165, 1.54) is 0 Å². The lowest BCUT2D eigenvalue weighted by atomic mass is 10.1. The van der Waals surface area contributed by atoms with Crippen LogP contribution in [0.5, 0.6) is 5.88 Å². The molecule has 19 heavy (non-hydrogen) atoms. The molecule has 0 aliphatic carbocycles. The summed E-state index contributed by atoms with van der Waals surface area (Å²) in [7, 11) is 0. The van der Waals surface area contributed by atoms with Gasteiger partial charge in [-0.3, -0.25) is 0 Å². The highest BCUT2D eigenvalue weighted by atomic mass is 35.5. The lowest BCUT2D eigenvalue weighted by molar-refractivity contribution is 0.146. The van der Waals surface area contributed by atoms with Gasteiger partial charge in [0, 0.05) is 38.2 Å². The summed E-state index contributed by atoms with van der Waals surface area (Å²) in [5.74, 6) is 0.958. The van der Waals surface area contributed by atoms with Gasteiger partial charge in [-0.1, -0.05) is 6.07 Å². The average molecular weight is 288 g/mol. The summed E-state index contributed by atoms with van der Waals surface area (Å²) < 4.78 is 5.35. The molecule has 0 bridgehead atoms. The summed E-state index contributed by atoms with van der Waals surface area (Å²) in [6.07, 6.45) is -0.236. The van der Waals surface area contributed by atoms with E-state index in [4.69, 9.17) is 4.74 Å². The molecule has 6 heteroatoms. The van der Waals surface area contributed by atoms with Gasteiger partial charge < -0.3 is 20.5 Å². The van der Waals surface area contributed by atoms with Crippen LogP contribution in [-0.4, -0.2) is 42.4 Å². The summed E-state index contributed by atoms with van der Waals surface area (Å²) >= 11 is 0. The predicted molar refractivity (Wildman–Crippen MR) is 76.7 cm³/mol. The number of aromatic nitrogens is 1. The van der Waals surface area contributed by atoms with Gasteiger partial charge in [0.1, 0.15) is 0 Å². The normalized spacial score (nSPS) is 22.0. The standard InChI is InChI=1S/C13H21N3O2.ClH/c1-2-18-13-5-3-4-11(16-13)8-14-6-10-7-15-9-12(10)17;/h3-5,10,12,14-15,17H,2,6-9H2,1H3;1H. The van der Waals surface area contributed by atoms with E-state index < -0.39 is 0 Å². The first-order valence-electron chi connectivity index (χ1n) is 6.48. The van der Waals surface area contributed by atoms with E-state index in [0.717, 1.165) is 18.8 Å². The first kappa shape index (κ1) is 16.2. The maximum atomic E-state index is 9.66. The molecule has 0 saturated carbocycles. The zero-order valence-corrected chi connectivity index (χ0v) is 11.9. The zero-order chi connectivity index (χ0) is 12.8. The Labute approximate surface area is 120 Å². The van der Waals surface area contributed by atoms with Gasteiger partial charge in [-0.2, -0.15) is 0 Å². The van der Waals surface area contributed by atoms with E-state index in [2.05, 4.69) is 15.6 Å². The van der Waals surface area contributed by atoms with E-state index in [9.17, 15) is 5.11 Å².